The number of carbonyl (C=O) groups is 1. The quantitative estimate of drug-likeness (QED) is 0.586. The predicted molar refractivity (Wildman–Crippen MR) is 94.9 cm³/mol. The monoisotopic (exact) mass is 376 g/mol. The van der Waals surface area contributed by atoms with Gasteiger partial charge in [0.2, 0.25) is 0 Å². The van der Waals surface area contributed by atoms with E-state index >= 15 is 0 Å². The van der Waals surface area contributed by atoms with Gasteiger partial charge < -0.3 is 10.2 Å². The zero-order valence-corrected chi connectivity index (χ0v) is 14.6. The number of carbonyl (C=O) groups excluding carboxylic acids is 1. The van der Waals surface area contributed by atoms with E-state index in [1.807, 2.05) is 0 Å². The lowest BCUT2D eigenvalue weighted by Gasteiger charge is -2.25. The maximum Gasteiger partial charge on any atom is 0.277 e. The number of nitrogens with one attached hydrogen (secondary N) is 1. The Bertz CT molecular complexity index is 855. The SMILES string of the molecule is CN(C)C(CNC(=O)c1cc([N+](=O)[O-])cc([N+](=O)[O-])c1)c1cccc(F)c1. The number of hydrogen-bond acceptors (Lipinski definition) is 6. The maximum atomic E-state index is 13.5. The van der Waals surface area contributed by atoms with Gasteiger partial charge in [-0.25, -0.2) is 4.39 Å². The molecule has 0 radical (unpaired) electrons. The summed E-state index contributed by atoms with van der Waals surface area (Å²) in [5.41, 5.74) is -0.676. The molecule has 0 bridgehead atoms. The van der Waals surface area contributed by atoms with Gasteiger partial charge in [0.25, 0.3) is 17.3 Å². The van der Waals surface area contributed by atoms with Crippen LogP contribution in [0.1, 0.15) is 22.0 Å². The van der Waals surface area contributed by atoms with E-state index in [1.54, 1.807) is 31.1 Å². The molecule has 1 amide bonds. The molecule has 0 aliphatic heterocycles. The molecule has 0 fully saturated rings. The average molecular weight is 376 g/mol. The van der Waals surface area contributed by atoms with Crippen LogP contribution in [-0.4, -0.2) is 41.3 Å². The Morgan fingerprint density at radius 2 is 1.70 bits per heavy atom. The minimum absolute atomic E-state index is 0.0752. The second kappa shape index (κ2) is 8.32. The molecule has 2 rings (SSSR count). The van der Waals surface area contributed by atoms with Crippen LogP contribution in [-0.2, 0) is 0 Å². The summed E-state index contributed by atoms with van der Waals surface area (Å²) in [6.45, 7) is 0.0752. The molecule has 0 saturated carbocycles. The van der Waals surface area contributed by atoms with E-state index in [1.165, 1.54) is 12.1 Å². The first-order valence-corrected chi connectivity index (χ1v) is 7.83. The van der Waals surface area contributed by atoms with E-state index in [-0.39, 0.29) is 18.2 Å². The van der Waals surface area contributed by atoms with Crippen molar-refractivity contribution in [2.75, 3.05) is 20.6 Å². The Hall–Kier alpha value is -3.40. The van der Waals surface area contributed by atoms with Crippen molar-refractivity contribution >= 4 is 17.3 Å². The lowest BCUT2D eigenvalue weighted by molar-refractivity contribution is -0.394. The smallest absolute Gasteiger partial charge is 0.277 e. The third-order valence-corrected chi connectivity index (χ3v) is 3.90. The van der Waals surface area contributed by atoms with E-state index in [2.05, 4.69) is 5.32 Å². The van der Waals surface area contributed by atoms with E-state index in [4.69, 9.17) is 0 Å². The minimum Gasteiger partial charge on any atom is -0.350 e. The fourth-order valence-electron chi connectivity index (χ4n) is 2.54. The number of nitro benzene ring substituents is 2. The Morgan fingerprint density at radius 1 is 1.11 bits per heavy atom. The van der Waals surface area contributed by atoms with E-state index < -0.39 is 32.9 Å². The van der Waals surface area contributed by atoms with Crippen LogP contribution in [0.5, 0.6) is 0 Å². The number of hydrogen-bond donors (Lipinski definition) is 1. The van der Waals surface area contributed by atoms with Gasteiger partial charge in [-0.3, -0.25) is 25.0 Å². The summed E-state index contributed by atoms with van der Waals surface area (Å²) < 4.78 is 13.5. The molecule has 2 aromatic rings. The fraction of sp³-hybridized carbons (Fsp3) is 0.235. The molecule has 0 spiro atoms. The van der Waals surface area contributed by atoms with E-state index in [0.29, 0.717) is 5.56 Å². The lowest BCUT2D eigenvalue weighted by atomic mass is 10.1. The Kier molecular flexibility index (Phi) is 6.14. The molecule has 1 N–H and O–H groups in total. The molecular weight excluding hydrogens is 359 g/mol. The first-order chi connectivity index (χ1) is 12.7. The third-order valence-electron chi connectivity index (χ3n) is 3.90. The normalized spacial score (nSPS) is 11.9. The van der Waals surface area contributed by atoms with Gasteiger partial charge in [-0.1, -0.05) is 12.1 Å². The highest BCUT2D eigenvalue weighted by Gasteiger charge is 2.21. The first-order valence-electron chi connectivity index (χ1n) is 7.83. The molecule has 0 aliphatic carbocycles. The fourth-order valence-corrected chi connectivity index (χ4v) is 2.54. The largest absolute Gasteiger partial charge is 0.350 e. The second-order valence-corrected chi connectivity index (χ2v) is 6.00. The maximum absolute atomic E-state index is 13.5. The number of likely N-dealkylation sites (N-methyl/N-ethyl adjacent to an activating group) is 1. The van der Waals surface area contributed by atoms with Crippen molar-refractivity contribution in [3.05, 3.63) is 79.6 Å². The van der Waals surface area contributed by atoms with Crippen molar-refractivity contribution in [1.82, 2.24) is 10.2 Å². The first kappa shape index (κ1) is 19.9. The third kappa shape index (κ3) is 5.05. The van der Waals surface area contributed by atoms with Crippen LogP contribution in [0.3, 0.4) is 0 Å². The average Bonchev–Trinajstić information content (AvgIpc) is 2.61. The van der Waals surface area contributed by atoms with Crippen LogP contribution >= 0.6 is 0 Å². The molecule has 0 heterocycles. The van der Waals surface area contributed by atoms with Crippen molar-refractivity contribution in [3.63, 3.8) is 0 Å². The van der Waals surface area contributed by atoms with Crippen molar-refractivity contribution in [1.29, 1.82) is 0 Å². The highest BCUT2D eigenvalue weighted by molar-refractivity contribution is 5.95. The van der Waals surface area contributed by atoms with Gasteiger partial charge in [-0.05, 0) is 31.8 Å². The number of amides is 1. The number of rotatable bonds is 7. The number of nitro groups is 2. The molecule has 27 heavy (non-hydrogen) atoms. The molecule has 10 heteroatoms. The number of halogens is 1. The molecule has 1 atom stereocenters. The summed E-state index contributed by atoms with van der Waals surface area (Å²) in [5.74, 6) is -1.12. The van der Waals surface area contributed by atoms with E-state index in [9.17, 15) is 29.4 Å². The molecule has 9 nitrogen and oxygen atoms in total. The summed E-state index contributed by atoms with van der Waals surface area (Å²) in [6, 6.07) is 8.26. The summed E-state index contributed by atoms with van der Waals surface area (Å²) in [5, 5.41) is 24.4. The molecule has 0 aromatic heterocycles. The van der Waals surface area contributed by atoms with Gasteiger partial charge in [-0.2, -0.15) is 0 Å². The Morgan fingerprint density at radius 3 is 2.19 bits per heavy atom. The van der Waals surface area contributed by atoms with Gasteiger partial charge in [0.05, 0.1) is 27.5 Å². The van der Waals surface area contributed by atoms with Crippen molar-refractivity contribution in [3.8, 4) is 0 Å². The van der Waals surface area contributed by atoms with Crippen molar-refractivity contribution in [2.45, 2.75) is 6.04 Å². The standard InChI is InChI=1S/C17H17FN4O5/c1-20(2)16(11-4-3-5-13(18)6-11)10-19-17(23)12-7-14(21(24)25)9-15(8-12)22(26)27/h3-9,16H,10H2,1-2H3,(H,19,23). The van der Waals surface area contributed by atoms with Gasteiger partial charge >= 0.3 is 0 Å². The van der Waals surface area contributed by atoms with Gasteiger partial charge in [0, 0.05) is 18.7 Å². The number of benzene rings is 2. The lowest BCUT2D eigenvalue weighted by Crippen LogP contribution is -2.34. The van der Waals surface area contributed by atoms with Crippen LogP contribution < -0.4 is 5.32 Å². The minimum atomic E-state index is -0.806. The van der Waals surface area contributed by atoms with Crippen LogP contribution in [0, 0.1) is 26.0 Å². The van der Waals surface area contributed by atoms with Crippen molar-refractivity contribution in [2.24, 2.45) is 0 Å². The molecule has 142 valence electrons. The van der Waals surface area contributed by atoms with Crippen molar-refractivity contribution < 1.29 is 19.0 Å². The Labute approximate surface area is 153 Å². The Balaban J connectivity index is 2.23. The van der Waals surface area contributed by atoms with Gasteiger partial charge in [0.1, 0.15) is 5.82 Å². The molecule has 0 saturated heterocycles. The summed E-state index contributed by atoms with van der Waals surface area (Å²) in [6.07, 6.45) is 0. The summed E-state index contributed by atoms with van der Waals surface area (Å²) in [4.78, 5) is 34.4. The zero-order chi connectivity index (χ0) is 20.1. The van der Waals surface area contributed by atoms with Gasteiger partial charge in [-0.15, -0.1) is 0 Å². The molecule has 0 aliphatic rings. The molecule has 1 unspecified atom stereocenters. The zero-order valence-electron chi connectivity index (χ0n) is 14.6. The highest BCUT2D eigenvalue weighted by Crippen LogP contribution is 2.23. The van der Waals surface area contributed by atoms with Crippen LogP contribution in [0.4, 0.5) is 15.8 Å². The van der Waals surface area contributed by atoms with Crippen LogP contribution in [0.2, 0.25) is 0 Å². The topological polar surface area (TPSA) is 119 Å². The van der Waals surface area contributed by atoms with E-state index in [0.717, 1.165) is 18.2 Å². The highest BCUT2D eigenvalue weighted by atomic mass is 19.1. The van der Waals surface area contributed by atoms with Crippen LogP contribution in [0.15, 0.2) is 42.5 Å². The predicted octanol–water partition coefficient (Wildman–Crippen LogP) is 2.67. The summed E-state index contributed by atoms with van der Waals surface area (Å²) >= 11 is 0. The second-order valence-electron chi connectivity index (χ2n) is 6.00. The van der Waals surface area contributed by atoms with Crippen LogP contribution in [0.25, 0.3) is 0 Å². The molecule has 2 aromatic carbocycles. The van der Waals surface area contributed by atoms with Gasteiger partial charge in [0.15, 0.2) is 0 Å². The molecular formula is C17H17FN4O5. The number of non-ortho nitro benzene ring substituents is 2. The number of nitrogens with zero attached hydrogens (tertiary/aromatic N) is 3. The summed E-state index contributed by atoms with van der Waals surface area (Å²) in [7, 11) is 3.50.